The molecule has 0 heterocycles. The highest BCUT2D eigenvalue weighted by Crippen LogP contribution is 2.19. The third-order valence-electron chi connectivity index (χ3n) is 5.79. The second-order valence-electron chi connectivity index (χ2n) is 9.39. The fourth-order valence-corrected chi connectivity index (χ4v) is 3.54. The second-order valence-corrected chi connectivity index (χ2v) is 9.39. The number of unbranched alkanes of at least 4 members (excludes halogenated alkanes) is 11. The lowest BCUT2D eigenvalue weighted by atomic mass is 9.96. The zero-order chi connectivity index (χ0) is 27.9. The van der Waals surface area contributed by atoms with Crippen molar-refractivity contribution in [2.75, 3.05) is 13.2 Å². The first-order valence-electron chi connectivity index (χ1n) is 13.4. The van der Waals surface area contributed by atoms with Crippen LogP contribution >= 0.6 is 0 Å². The highest BCUT2D eigenvalue weighted by Gasteiger charge is 2.42. The molecule has 0 aliphatic heterocycles. The fourth-order valence-electron chi connectivity index (χ4n) is 3.54. The van der Waals surface area contributed by atoms with Gasteiger partial charge >= 0.3 is 23.9 Å². The van der Waals surface area contributed by atoms with Gasteiger partial charge in [-0.15, -0.1) is 0 Å². The monoisotopic (exact) mass is 530 g/mol. The molecule has 0 aromatic heterocycles. The number of allylic oxidation sites excluding steroid dienone is 2. The summed E-state index contributed by atoms with van der Waals surface area (Å²) in [7, 11) is 0. The topological polar surface area (TPSA) is 168 Å². The molecule has 0 aliphatic rings. The Morgan fingerprint density at radius 2 is 1.30 bits per heavy atom. The van der Waals surface area contributed by atoms with Crippen molar-refractivity contribution in [1.82, 2.24) is 0 Å². The highest BCUT2D eigenvalue weighted by atomic mass is 16.6. The molecule has 37 heavy (non-hydrogen) atoms. The fraction of sp³-hybridized carbons (Fsp3) is 0.778. The van der Waals surface area contributed by atoms with E-state index in [2.05, 4.69) is 28.5 Å². The van der Waals surface area contributed by atoms with Crippen LogP contribution in [0.4, 0.5) is 0 Å². The van der Waals surface area contributed by atoms with E-state index >= 15 is 0 Å². The minimum Gasteiger partial charge on any atom is -0.479 e. The van der Waals surface area contributed by atoms with Gasteiger partial charge in [-0.1, -0.05) is 70.4 Å². The lowest BCUT2D eigenvalue weighted by Gasteiger charge is -2.21. The molecule has 0 aromatic carbocycles. The van der Waals surface area contributed by atoms with Crippen molar-refractivity contribution in [2.45, 2.75) is 121 Å². The van der Waals surface area contributed by atoms with Gasteiger partial charge in [0.25, 0.3) is 0 Å². The maximum Gasteiger partial charge on any atom is 0.336 e. The number of ether oxygens (including phenoxy) is 2. The van der Waals surface area contributed by atoms with Crippen LogP contribution in [0, 0.1) is 0 Å². The number of hydrogen-bond donors (Lipinski definition) is 4. The molecule has 0 amide bonds. The Kier molecular flexibility index (Phi) is 20.4. The first kappa shape index (κ1) is 34.7. The van der Waals surface area contributed by atoms with Crippen molar-refractivity contribution in [3.05, 3.63) is 12.2 Å². The van der Waals surface area contributed by atoms with Crippen LogP contribution in [0.1, 0.15) is 110 Å². The molecular formula is C27H46O10. The number of esters is 3. The Morgan fingerprint density at radius 1 is 0.784 bits per heavy atom. The normalized spacial score (nSPS) is 13.7. The molecule has 2 unspecified atom stereocenters. The number of aliphatic hydroxyl groups is 3. The number of aliphatic hydroxyl groups excluding tert-OH is 2. The molecule has 0 saturated heterocycles. The molecule has 0 fully saturated rings. The number of aliphatic carboxylic acids is 1. The number of carbonyl (C=O) groups excluding carboxylic acids is 3. The average molecular weight is 531 g/mol. The predicted molar refractivity (Wildman–Crippen MR) is 136 cm³/mol. The molecule has 10 heteroatoms. The third kappa shape index (κ3) is 19.5. The van der Waals surface area contributed by atoms with E-state index in [1.165, 1.54) is 38.5 Å². The summed E-state index contributed by atoms with van der Waals surface area (Å²) in [6.07, 6.45) is 15.2. The van der Waals surface area contributed by atoms with E-state index in [4.69, 9.17) is 10.2 Å². The Hall–Kier alpha value is -2.30. The SMILES string of the molecule is CCCCCCCC/C=C\CCCCCCCC(=O)OC(=O)CC(O)(CC(=O)OCC(O)CO)C(=O)O. The smallest absolute Gasteiger partial charge is 0.336 e. The zero-order valence-electron chi connectivity index (χ0n) is 22.2. The molecule has 0 radical (unpaired) electrons. The van der Waals surface area contributed by atoms with Crippen molar-refractivity contribution < 1.29 is 49.1 Å². The molecule has 0 rings (SSSR count). The Bertz CT molecular complexity index is 691. The molecule has 10 nitrogen and oxygen atoms in total. The van der Waals surface area contributed by atoms with Gasteiger partial charge in [0.15, 0.2) is 5.60 Å². The summed E-state index contributed by atoms with van der Waals surface area (Å²) in [5.74, 6) is -5.17. The van der Waals surface area contributed by atoms with Gasteiger partial charge in [-0.3, -0.25) is 14.4 Å². The van der Waals surface area contributed by atoms with Crippen LogP contribution in [0.15, 0.2) is 12.2 Å². The highest BCUT2D eigenvalue weighted by molar-refractivity contribution is 5.92. The van der Waals surface area contributed by atoms with E-state index in [1.807, 2.05) is 0 Å². The van der Waals surface area contributed by atoms with Gasteiger partial charge in [0, 0.05) is 6.42 Å². The van der Waals surface area contributed by atoms with Crippen LogP contribution in [0.3, 0.4) is 0 Å². The molecular weight excluding hydrogens is 484 g/mol. The minimum atomic E-state index is -2.83. The maximum atomic E-state index is 11.9. The number of rotatable bonds is 23. The number of carboxylic acid groups (broad SMARTS) is 1. The number of hydrogen-bond acceptors (Lipinski definition) is 9. The van der Waals surface area contributed by atoms with Crippen molar-refractivity contribution in [1.29, 1.82) is 0 Å². The van der Waals surface area contributed by atoms with Crippen molar-refractivity contribution in [2.24, 2.45) is 0 Å². The third-order valence-corrected chi connectivity index (χ3v) is 5.79. The summed E-state index contributed by atoms with van der Waals surface area (Å²) in [5.41, 5.74) is -2.83. The predicted octanol–water partition coefficient (Wildman–Crippen LogP) is 3.59. The number of carbonyl (C=O) groups is 4. The van der Waals surface area contributed by atoms with E-state index in [-0.39, 0.29) is 6.42 Å². The molecule has 0 saturated carbocycles. The van der Waals surface area contributed by atoms with E-state index in [1.54, 1.807) is 0 Å². The Morgan fingerprint density at radius 3 is 1.84 bits per heavy atom. The first-order chi connectivity index (χ1) is 17.6. The summed E-state index contributed by atoms with van der Waals surface area (Å²) in [4.78, 5) is 46.8. The largest absolute Gasteiger partial charge is 0.479 e. The van der Waals surface area contributed by atoms with E-state index in [0.29, 0.717) is 6.42 Å². The number of carboxylic acids is 1. The van der Waals surface area contributed by atoms with Gasteiger partial charge < -0.3 is 29.9 Å². The lowest BCUT2D eigenvalue weighted by Crippen LogP contribution is -2.44. The quantitative estimate of drug-likeness (QED) is 0.0663. The standard InChI is InChI=1S/C27H46O10/c1-2-3-4-5-6-7-8-9-10-11-12-13-14-15-16-17-23(30)37-25(32)19-27(35,26(33)34)18-24(31)36-21-22(29)20-28/h9-10,22,28-29,35H,2-8,11-21H2,1H3,(H,33,34)/b10-9-. The molecule has 2 atom stereocenters. The van der Waals surface area contributed by atoms with Gasteiger partial charge in [-0.25, -0.2) is 4.79 Å². The summed E-state index contributed by atoms with van der Waals surface area (Å²) in [5, 5.41) is 37.2. The van der Waals surface area contributed by atoms with Crippen LogP contribution in [0.25, 0.3) is 0 Å². The molecule has 214 valence electrons. The lowest BCUT2D eigenvalue weighted by molar-refractivity contribution is -0.176. The molecule has 0 aromatic rings. The van der Waals surface area contributed by atoms with Crippen molar-refractivity contribution in [3.63, 3.8) is 0 Å². The van der Waals surface area contributed by atoms with E-state index < -0.39 is 61.6 Å². The van der Waals surface area contributed by atoms with Crippen molar-refractivity contribution in [3.8, 4) is 0 Å². The molecule has 0 bridgehead atoms. The summed E-state index contributed by atoms with van der Waals surface area (Å²) in [6.45, 7) is 0.933. The van der Waals surface area contributed by atoms with Gasteiger partial charge in [0.05, 0.1) is 19.4 Å². The van der Waals surface area contributed by atoms with Gasteiger partial charge in [0.1, 0.15) is 12.7 Å². The van der Waals surface area contributed by atoms with Gasteiger partial charge in [0.2, 0.25) is 0 Å². The first-order valence-corrected chi connectivity index (χ1v) is 13.4. The Labute approximate surface area is 220 Å². The Balaban J connectivity index is 3.99. The van der Waals surface area contributed by atoms with Crippen LogP contribution in [0.5, 0.6) is 0 Å². The molecule has 4 N–H and O–H groups in total. The average Bonchev–Trinajstić information content (AvgIpc) is 2.84. The van der Waals surface area contributed by atoms with Crippen LogP contribution in [-0.2, 0) is 28.7 Å². The van der Waals surface area contributed by atoms with E-state index in [0.717, 1.165) is 38.5 Å². The van der Waals surface area contributed by atoms with Gasteiger partial charge in [-0.05, 0) is 32.1 Å². The maximum absolute atomic E-state index is 11.9. The molecule has 0 aliphatic carbocycles. The van der Waals surface area contributed by atoms with Gasteiger partial charge in [-0.2, -0.15) is 0 Å². The van der Waals surface area contributed by atoms with Crippen LogP contribution in [0.2, 0.25) is 0 Å². The molecule has 0 spiro atoms. The summed E-state index contributed by atoms with van der Waals surface area (Å²) in [6, 6.07) is 0. The minimum absolute atomic E-state index is 0.0174. The van der Waals surface area contributed by atoms with Crippen LogP contribution in [-0.4, -0.2) is 69.2 Å². The summed E-state index contributed by atoms with van der Waals surface area (Å²) >= 11 is 0. The zero-order valence-corrected chi connectivity index (χ0v) is 22.2. The van der Waals surface area contributed by atoms with E-state index in [9.17, 15) is 29.4 Å². The summed E-state index contributed by atoms with van der Waals surface area (Å²) < 4.78 is 9.12. The van der Waals surface area contributed by atoms with Crippen molar-refractivity contribution >= 4 is 23.9 Å². The second kappa shape index (κ2) is 21.8. The van der Waals surface area contributed by atoms with Crippen LogP contribution < -0.4 is 0 Å².